The Hall–Kier alpha value is -0.670. The van der Waals surface area contributed by atoms with Crippen LogP contribution >= 0.6 is 15.9 Å². The van der Waals surface area contributed by atoms with Crippen LogP contribution in [0.4, 0.5) is 0 Å². The molecule has 0 aliphatic heterocycles. The lowest BCUT2D eigenvalue weighted by atomic mass is 9.85. The first kappa shape index (κ1) is 13.8. The predicted octanol–water partition coefficient (Wildman–Crippen LogP) is 3.65. The molecule has 98 valence electrons. The fourth-order valence-electron chi connectivity index (χ4n) is 2.65. The van der Waals surface area contributed by atoms with Gasteiger partial charge in [-0.3, -0.25) is 4.99 Å². The van der Waals surface area contributed by atoms with Crippen molar-refractivity contribution in [3.63, 3.8) is 0 Å². The number of hydrogen-bond acceptors (Lipinski definition) is 2. The normalized spacial score (nSPS) is 24.6. The van der Waals surface area contributed by atoms with E-state index in [0.29, 0.717) is 12.0 Å². The SMILES string of the molecule is CNC[C@@H]1CCCC[C@H]1N=Cc1cccc(Br)c1. The van der Waals surface area contributed by atoms with Gasteiger partial charge < -0.3 is 5.32 Å². The molecule has 0 aromatic heterocycles. The van der Waals surface area contributed by atoms with Crippen LogP contribution in [0, 0.1) is 5.92 Å². The van der Waals surface area contributed by atoms with Crippen LogP contribution in [-0.2, 0) is 0 Å². The molecule has 0 saturated heterocycles. The highest BCUT2D eigenvalue weighted by Gasteiger charge is 2.23. The van der Waals surface area contributed by atoms with E-state index >= 15 is 0 Å². The third-order valence-electron chi connectivity index (χ3n) is 3.60. The Morgan fingerprint density at radius 1 is 1.39 bits per heavy atom. The first-order chi connectivity index (χ1) is 8.79. The smallest absolute Gasteiger partial charge is 0.0540 e. The molecule has 0 amide bonds. The molecule has 2 atom stereocenters. The molecule has 0 radical (unpaired) electrons. The van der Waals surface area contributed by atoms with E-state index in [1.54, 1.807) is 0 Å². The first-order valence-corrected chi connectivity index (χ1v) is 7.52. The van der Waals surface area contributed by atoms with Gasteiger partial charge in [0.25, 0.3) is 0 Å². The summed E-state index contributed by atoms with van der Waals surface area (Å²) in [6.07, 6.45) is 7.25. The lowest BCUT2D eigenvalue weighted by molar-refractivity contribution is 0.304. The van der Waals surface area contributed by atoms with Crippen molar-refractivity contribution < 1.29 is 0 Å². The number of nitrogens with zero attached hydrogens (tertiary/aromatic N) is 1. The van der Waals surface area contributed by atoms with E-state index in [9.17, 15) is 0 Å². The maximum Gasteiger partial charge on any atom is 0.0540 e. The van der Waals surface area contributed by atoms with Crippen molar-refractivity contribution in [1.82, 2.24) is 5.32 Å². The Kier molecular flexibility index (Phi) is 5.39. The molecule has 2 nitrogen and oxygen atoms in total. The van der Waals surface area contributed by atoms with Gasteiger partial charge >= 0.3 is 0 Å². The molecular formula is C15H21BrN2. The highest BCUT2D eigenvalue weighted by Crippen LogP contribution is 2.26. The van der Waals surface area contributed by atoms with Crippen molar-refractivity contribution in [3.05, 3.63) is 34.3 Å². The predicted molar refractivity (Wildman–Crippen MR) is 81.4 cm³/mol. The van der Waals surface area contributed by atoms with Gasteiger partial charge in [0.1, 0.15) is 0 Å². The minimum absolute atomic E-state index is 0.491. The highest BCUT2D eigenvalue weighted by molar-refractivity contribution is 9.10. The molecule has 1 aliphatic rings. The maximum atomic E-state index is 4.81. The Morgan fingerprint density at radius 3 is 3.00 bits per heavy atom. The van der Waals surface area contributed by atoms with Crippen LogP contribution in [-0.4, -0.2) is 25.8 Å². The topological polar surface area (TPSA) is 24.4 Å². The fraction of sp³-hybridized carbons (Fsp3) is 0.533. The molecular weight excluding hydrogens is 288 g/mol. The van der Waals surface area contributed by atoms with Crippen molar-refractivity contribution in [2.24, 2.45) is 10.9 Å². The zero-order chi connectivity index (χ0) is 12.8. The maximum absolute atomic E-state index is 4.81. The minimum atomic E-state index is 0.491. The van der Waals surface area contributed by atoms with Crippen molar-refractivity contribution in [1.29, 1.82) is 0 Å². The number of halogens is 1. The second-order valence-electron chi connectivity index (χ2n) is 5.00. The third-order valence-corrected chi connectivity index (χ3v) is 4.09. The molecule has 0 heterocycles. The van der Waals surface area contributed by atoms with Gasteiger partial charge in [0.2, 0.25) is 0 Å². The highest BCUT2D eigenvalue weighted by atomic mass is 79.9. The van der Waals surface area contributed by atoms with Crippen molar-refractivity contribution in [2.75, 3.05) is 13.6 Å². The fourth-order valence-corrected chi connectivity index (χ4v) is 3.07. The van der Waals surface area contributed by atoms with Crippen LogP contribution in [0.1, 0.15) is 31.2 Å². The monoisotopic (exact) mass is 308 g/mol. The Bertz CT molecular complexity index is 401. The average Bonchev–Trinajstić information content (AvgIpc) is 2.38. The lowest BCUT2D eigenvalue weighted by Crippen LogP contribution is -2.31. The Balaban J connectivity index is 2.01. The van der Waals surface area contributed by atoms with E-state index in [0.717, 1.165) is 11.0 Å². The summed E-state index contributed by atoms with van der Waals surface area (Å²) in [6.45, 7) is 1.08. The summed E-state index contributed by atoms with van der Waals surface area (Å²) in [7, 11) is 2.03. The molecule has 2 rings (SSSR count). The number of hydrogen-bond donors (Lipinski definition) is 1. The van der Waals surface area contributed by atoms with Crippen molar-refractivity contribution >= 4 is 22.1 Å². The molecule has 1 saturated carbocycles. The van der Waals surface area contributed by atoms with E-state index in [1.807, 2.05) is 19.3 Å². The third kappa shape index (κ3) is 3.92. The minimum Gasteiger partial charge on any atom is -0.319 e. The van der Waals surface area contributed by atoms with Gasteiger partial charge in [0.15, 0.2) is 0 Å². The van der Waals surface area contributed by atoms with E-state index in [4.69, 9.17) is 4.99 Å². The zero-order valence-electron chi connectivity index (χ0n) is 10.9. The van der Waals surface area contributed by atoms with Crippen molar-refractivity contribution in [3.8, 4) is 0 Å². The summed E-state index contributed by atoms with van der Waals surface area (Å²) in [6, 6.07) is 8.80. The van der Waals surface area contributed by atoms with Gasteiger partial charge in [-0.1, -0.05) is 40.9 Å². The van der Waals surface area contributed by atoms with Crippen LogP contribution in [0.25, 0.3) is 0 Å². The molecule has 1 aromatic rings. The van der Waals surface area contributed by atoms with Crippen LogP contribution in [0.5, 0.6) is 0 Å². The summed E-state index contributed by atoms with van der Waals surface area (Å²) in [5, 5.41) is 3.29. The quantitative estimate of drug-likeness (QED) is 0.844. The Labute approximate surface area is 118 Å². The van der Waals surface area contributed by atoms with E-state index in [1.165, 1.54) is 31.2 Å². The van der Waals surface area contributed by atoms with E-state index in [2.05, 4.69) is 39.4 Å². The van der Waals surface area contributed by atoms with Gasteiger partial charge in [0, 0.05) is 10.7 Å². The van der Waals surface area contributed by atoms with Gasteiger partial charge in [-0.05, 0) is 50.0 Å². The molecule has 0 bridgehead atoms. The lowest BCUT2D eigenvalue weighted by Gasteiger charge is -2.28. The Morgan fingerprint density at radius 2 is 2.22 bits per heavy atom. The molecule has 1 aliphatic carbocycles. The number of rotatable bonds is 4. The van der Waals surface area contributed by atoms with Crippen molar-refractivity contribution in [2.45, 2.75) is 31.7 Å². The molecule has 0 unspecified atom stereocenters. The molecule has 18 heavy (non-hydrogen) atoms. The zero-order valence-corrected chi connectivity index (χ0v) is 12.5. The summed E-state index contributed by atoms with van der Waals surface area (Å²) < 4.78 is 1.11. The molecule has 1 N–H and O–H groups in total. The van der Waals surface area contributed by atoms with E-state index in [-0.39, 0.29) is 0 Å². The summed E-state index contributed by atoms with van der Waals surface area (Å²) in [5.74, 6) is 0.701. The number of benzene rings is 1. The van der Waals surface area contributed by atoms with Gasteiger partial charge in [-0.25, -0.2) is 0 Å². The standard InChI is InChI=1S/C15H21BrN2/c1-17-11-13-6-2-3-8-15(13)18-10-12-5-4-7-14(16)9-12/h4-5,7,9-10,13,15,17H,2-3,6,8,11H2,1H3/t13-,15+/m0/s1. The van der Waals surface area contributed by atoms with Gasteiger partial charge in [-0.2, -0.15) is 0 Å². The van der Waals surface area contributed by atoms with Crippen LogP contribution in [0.2, 0.25) is 0 Å². The molecule has 1 fully saturated rings. The average molecular weight is 309 g/mol. The van der Waals surface area contributed by atoms with Gasteiger partial charge in [-0.15, -0.1) is 0 Å². The summed E-state index contributed by atoms with van der Waals surface area (Å²) in [5.41, 5.74) is 1.18. The molecule has 3 heteroatoms. The summed E-state index contributed by atoms with van der Waals surface area (Å²) >= 11 is 3.49. The first-order valence-electron chi connectivity index (χ1n) is 6.73. The second-order valence-corrected chi connectivity index (χ2v) is 5.92. The number of aliphatic imine (C=N–C) groups is 1. The van der Waals surface area contributed by atoms with Crippen LogP contribution < -0.4 is 5.32 Å². The second kappa shape index (κ2) is 7.05. The molecule has 1 aromatic carbocycles. The van der Waals surface area contributed by atoms with E-state index < -0.39 is 0 Å². The summed E-state index contributed by atoms with van der Waals surface area (Å²) in [4.78, 5) is 4.81. The van der Waals surface area contributed by atoms with Gasteiger partial charge in [0.05, 0.1) is 6.04 Å². The molecule has 0 spiro atoms. The van der Waals surface area contributed by atoms with Crippen LogP contribution in [0.3, 0.4) is 0 Å². The number of nitrogens with one attached hydrogen (secondary N) is 1. The largest absolute Gasteiger partial charge is 0.319 e. The van der Waals surface area contributed by atoms with Crippen LogP contribution in [0.15, 0.2) is 33.7 Å².